The topological polar surface area (TPSA) is 55.5 Å². The summed E-state index contributed by atoms with van der Waals surface area (Å²) in [5, 5.41) is 9.22. The zero-order chi connectivity index (χ0) is 15.9. The third-order valence-corrected chi connectivity index (χ3v) is 3.86. The highest BCUT2D eigenvalue weighted by molar-refractivity contribution is 5.43. The molecule has 0 saturated heterocycles. The number of aliphatic hydroxyl groups excluding tert-OH is 1. The predicted octanol–water partition coefficient (Wildman–Crippen LogP) is 3.51. The van der Waals surface area contributed by atoms with Gasteiger partial charge in [-0.2, -0.15) is 0 Å². The van der Waals surface area contributed by atoms with Crippen molar-refractivity contribution in [3.05, 3.63) is 28.8 Å². The molecular formula is C18H31NO2. The Kier molecular flexibility index (Phi) is 7.20. The number of hydrogen-bond acceptors (Lipinski definition) is 3. The Labute approximate surface area is 129 Å². The van der Waals surface area contributed by atoms with Gasteiger partial charge in [0.05, 0.1) is 13.2 Å². The van der Waals surface area contributed by atoms with Crippen molar-refractivity contribution < 1.29 is 9.84 Å². The van der Waals surface area contributed by atoms with E-state index in [2.05, 4.69) is 32.9 Å². The average molecular weight is 293 g/mol. The molecule has 0 aliphatic heterocycles. The van der Waals surface area contributed by atoms with Crippen LogP contribution >= 0.6 is 0 Å². The van der Waals surface area contributed by atoms with E-state index >= 15 is 0 Å². The highest BCUT2D eigenvalue weighted by Crippen LogP contribution is 2.26. The molecule has 0 aliphatic carbocycles. The minimum Gasteiger partial charge on any atom is -0.493 e. The molecule has 21 heavy (non-hydrogen) atoms. The molecule has 0 saturated carbocycles. The van der Waals surface area contributed by atoms with Gasteiger partial charge in [0, 0.05) is 5.54 Å². The quantitative estimate of drug-likeness (QED) is 0.685. The molecule has 0 spiro atoms. The van der Waals surface area contributed by atoms with Crippen molar-refractivity contribution in [3.8, 4) is 5.75 Å². The van der Waals surface area contributed by atoms with Gasteiger partial charge in [0.25, 0.3) is 0 Å². The van der Waals surface area contributed by atoms with Crippen LogP contribution in [0.2, 0.25) is 0 Å². The van der Waals surface area contributed by atoms with Crippen LogP contribution in [0.1, 0.15) is 56.2 Å². The largest absolute Gasteiger partial charge is 0.493 e. The molecule has 0 aromatic heterocycles. The fourth-order valence-corrected chi connectivity index (χ4v) is 2.45. The summed E-state index contributed by atoms with van der Waals surface area (Å²) in [7, 11) is 0. The van der Waals surface area contributed by atoms with Crippen molar-refractivity contribution in [2.45, 2.75) is 65.3 Å². The molecule has 0 bridgehead atoms. The first kappa shape index (κ1) is 18.0. The van der Waals surface area contributed by atoms with Crippen molar-refractivity contribution in [2.24, 2.45) is 5.73 Å². The summed E-state index contributed by atoms with van der Waals surface area (Å²) in [5.74, 6) is 1.02. The van der Waals surface area contributed by atoms with Crippen LogP contribution in [0.3, 0.4) is 0 Å². The van der Waals surface area contributed by atoms with E-state index in [0.717, 1.165) is 31.6 Å². The smallest absolute Gasteiger partial charge is 0.125 e. The Hall–Kier alpha value is -1.06. The second-order valence-electron chi connectivity index (χ2n) is 6.43. The minimum absolute atomic E-state index is 0.0174. The molecule has 1 aromatic rings. The molecule has 0 unspecified atom stereocenters. The monoisotopic (exact) mass is 293 g/mol. The number of hydrogen-bond donors (Lipinski definition) is 2. The third-order valence-electron chi connectivity index (χ3n) is 3.86. The number of ether oxygens (including phenoxy) is 1. The third kappa shape index (κ3) is 6.06. The maximum Gasteiger partial charge on any atom is 0.125 e. The van der Waals surface area contributed by atoms with E-state index in [9.17, 15) is 5.11 Å². The normalized spacial score (nSPS) is 14.0. The van der Waals surface area contributed by atoms with E-state index < -0.39 is 5.54 Å². The number of rotatable bonds is 9. The highest BCUT2D eigenvalue weighted by atomic mass is 16.5. The SMILES string of the molecule is CCCCCOc1c(C)cc(CC[C@@](C)(N)CO)cc1C. The van der Waals surface area contributed by atoms with Crippen LogP contribution in [0.25, 0.3) is 0 Å². The van der Waals surface area contributed by atoms with Crippen LogP contribution in [0, 0.1) is 13.8 Å². The van der Waals surface area contributed by atoms with E-state index in [-0.39, 0.29) is 6.61 Å². The molecule has 3 nitrogen and oxygen atoms in total. The summed E-state index contributed by atoms with van der Waals surface area (Å²) >= 11 is 0. The molecule has 3 N–H and O–H groups in total. The number of aryl methyl sites for hydroxylation is 3. The van der Waals surface area contributed by atoms with Gasteiger partial charge in [-0.05, 0) is 56.7 Å². The Morgan fingerprint density at radius 3 is 2.33 bits per heavy atom. The summed E-state index contributed by atoms with van der Waals surface area (Å²) in [4.78, 5) is 0. The van der Waals surface area contributed by atoms with Crippen LogP contribution in [0.4, 0.5) is 0 Å². The first-order valence-corrected chi connectivity index (χ1v) is 8.02. The van der Waals surface area contributed by atoms with Crippen molar-refractivity contribution >= 4 is 0 Å². The Morgan fingerprint density at radius 1 is 1.19 bits per heavy atom. The molecule has 0 radical (unpaired) electrons. The number of nitrogens with two attached hydrogens (primary N) is 1. The Morgan fingerprint density at radius 2 is 1.81 bits per heavy atom. The van der Waals surface area contributed by atoms with Gasteiger partial charge in [-0.25, -0.2) is 0 Å². The van der Waals surface area contributed by atoms with E-state index in [1.807, 2.05) is 6.92 Å². The van der Waals surface area contributed by atoms with Gasteiger partial charge in [0.2, 0.25) is 0 Å². The van der Waals surface area contributed by atoms with Gasteiger partial charge in [-0.1, -0.05) is 31.9 Å². The predicted molar refractivity (Wildman–Crippen MR) is 88.9 cm³/mol. The molecular weight excluding hydrogens is 262 g/mol. The lowest BCUT2D eigenvalue weighted by Crippen LogP contribution is -2.40. The van der Waals surface area contributed by atoms with E-state index in [0.29, 0.717) is 0 Å². The first-order chi connectivity index (χ1) is 9.89. The van der Waals surface area contributed by atoms with Crippen LogP contribution in [-0.2, 0) is 6.42 Å². The van der Waals surface area contributed by atoms with Crippen molar-refractivity contribution in [2.75, 3.05) is 13.2 Å². The second-order valence-corrected chi connectivity index (χ2v) is 6.43. The standard InChI is InChI=1S/C18H31NO2/c1-5-6-7-10-21-17-14(2)11-16(12-15(17)3)8-9-18(4,19)13-20/h11-12,20H,5-10,13,19H2,1-4H3/t18-/m1/s1. The second kappa shape index (κ2) is 8.40. The first-order valence-electron chi connectivity index (χ1n) is 8.02. The molecule has 1 atom stereocenters. The van der Waals surface area contributed by atoms with Crippen LogP contribution in [-0.4, -0.2) is 23.9 Å². The summed E-state index contributed by atoms with van der Waals surface area (Å²) in [6, 6.07) is 4.35. The fourth-order valence-electron chi connectivity index (χ4n) is 2.45. The zero-order valence-corrected chi connectivity index (χ0v) is 14.0. The summed E-state index contributed by atoms with van der Waals surface area (Å²) in [5.41, 5.74) is 9.12. The molecule has 1 aromatic carbocycles. The minimum atomic E-state index is -0.503. The van der Waals surface area contributed by atoms with E-state index in [4.69, 9.17) is 10.5 Å². The van der Waals surface area contributed by atoms with Crippen LogP contribution in [0.5, 0.6) is 5.75 Å². The van der Waals surface area contributed by atoms with Crippen molar-refractivity contribution in [1.29, 1.82) is 0 Å². The fraction of sp³-hybridized carbons (Fsp3) is 0.667. The van der Waals surface area contributed by atoms with Crippen LogP contribution < -0.4 is 10.5 Å². The molecule has 3 heteroatoms. The number of aliphatic hydroxyl groups is 1. The van der Waals surface area contributed by atoms with Crippen molar-refractivity contribution in [1.82, 2.24) is 0 Å². The average Bonchev–Trinajstić information content (AvgIpc) is 2.44. The molecule has 1 rings (SSSR count). The van der Waals surface area contributed by atoms with Gasteiger partial charge >= 0.3 is 0 Å². The maximum atomic E-state index is 9.22. The van der Waals surface area contributed by atoms with Gasteiger partial charge in [-0.15, -0.1) is 0 Å². The van der Waals surface area contributed by atoms with Gasteiger partial charge < -0.3 is 15.6 Å². The van der Waals surface area contributed by atoms with Gasteiger partial charge in [-0.3, -0.25) is 0 Å². The van der Waals surface area contributed by atoms with Gasteiger partial charge in [0.1, 0.15) is 5.75 Å². The maximum absolute atomic E-state index is 9.22. The summed E-state index contributed by atoms with van der Waals surface area (Å²) in [6.45, 7) is 9.09. The summed E-state index contributed by atoms with van der Waals surface area (Å²) < 4.78 is 5.93. The Balaban J connectivity index is 2.66. The van der Waals surface area contributed by atoms with E-state index in [1.54, 1.807) is 0 Å². The van der Waals surface area contributed by atoms with Gasteiger partial charge in [0.15, 0.2) is 0 Å². The van der Waals surface area contributed by atoms with E-state index in [1.165, 1.54) is 29.5 Å². The molecule has 0 aliphatic rings. The Bertz CT molecular complexity index is 418. The summed E-state index contributed by atoms with van der Waals surface area (Å²) in [6.07, 6.45) is 5.19. The van der Waals surface area contributed by atoms with Crippen LogP contribution in [0.15, 0.2) is 12.1 Å². The lowest BCUT2D eigenvalue weighted by molar-refractivity contribution is 0.200. The lowest BCUT2D eigenvalue weighted by Gasteiger charge is -2.22. The molecule has 0 heterocycles. The zero-order valence-electron chi connectivity index (χ0n) is 14.0. The lowest BCUT2D eigenvalue weighted by atomic mass is 9.93. The van der Waals surface area contributed by atoms with Crippen molar-refractivity contribution in [3.63, 3.8) is 0 Å². The highest BCUT2D eigenvalue weighted by Gasteiger charge is 2.17. The number of benzene rings is 1. The molecule has 0 amide bonds. The molecule has 0 fully saturated rings. The number of unbranched alkanes of at least 4 members (excludes halogenated alkanes) is 2. The molecule has 120 valence electrons.